The second-order valence-corrected chi connectivity index (χ2v) is 5.03. The van der Waals surface area contributed by atoms with Crippen molar-refractivity contribution in [1.29, 1.82) is 0 Å². The topological polar surface area (TPSA) is 62.5 Å². The van der Waals surface area contributed by atoms with Gasteiger partial charge in [0.25, 0.3) is 0 Å². The highest BCUT2D eigenvalue weighted by Crippen LogP contribution is 2.17. The van der Waals surface area contributed by atoms with E-state index in [1.165, 1.54) is 6.20 Å². The monoisotopic (exact) mass is 293 g/mol. The van der Waals surface area contributed by atoms with Crippen LogP contribution in [0.4, 0.5) is 5.69 Å². The fourth-order valence-electron chi connectivity index (χ4n) is 2.12. The van der Waals surface area contributed by atoms with E-state index in [2.05, 4.69) is 5.32 Å². The van der Waals surface area contributed by atoms with Gasteiger partial charge in [0, 0.05) is 17.3 Å². The molecular formula is C18H15NO3. The number of hydrogen-bond donors (Lipinski definition) is 2. The molecule has 1 heterocycles. The summed E-state index contributed by atoms with van der Waals surface area (Å²) in [6.07, 6.45) is 1.38. The summed E-state index contributed by atoms with van der Waals surface area (Å²) in [4.78, 5) is 11.9. The maximum atomic E-state index is 11.9. The maximum absolute atomic E-state index is 11.9. The molecule has 2 N–H and O–H groups in total. The zero-order chi connectivity index (χ0) is 15.5. The zero-order valence-electron chi connectivity index (χ0n) is 12.0. The molecule has 2 aromatic carbocycles. The Labute approximate surface area is 127 Å². The van der Waals surface area contributed by atoms with E-state index in [1.54, 1.807) is 18.2 Å². The lowest BCUT2D eigenvalue weighted by molar-refractivity contribution is 0.497. The van der Waals surface area contributed by atoms with E-state index in [-0.39, 0.29) is 11.3 Å². The first-order chi connectivity index (χ1) is 10.6. The number of para-hydroxylation sites is 1. The molecule has 0 fully saturated rings. The number of hydrogen-bond acceptors (Lipinski definition) is 4. The van der Waals surface area contributed by atoms with Crippen LogP contribution >= 0.6 is 0 Å². The van der Waals surface area contributed by atoms with Crippen molar-refractivity contribution < 1.29 is 9.52 Å². The molecule has 0 aliphatic heterocycles. The number of fused-ring (bicyclic) bond motifs is 1. The summed E-state index contributed by atoms with van der Waals surface area (Å²) in [6.45, 7) is 2.00. The summed E-state index contributed by atoms with van der Waals surface area (Å²) in [5.41, 5.74) is 2.02. The molecule has 4 nitrogen and oxygen atoms in total. The highest BCUT2D eigenvalue weighted by molar-refractivity contribution is 5.79. The van der Waals surface area contributed by atoms with E-state index in [4.69, 9.17) is 4.42 Å². The van der Waals surface area contributed by atoms with Crippen LogP contribution in [0, 0.1) is 6.92 Å². The van der Waals surface area contributed by atoms with E-state index in [9.17, 15) is 9.90 Å². The minimum atomic E-state index is -0.571. The van der Waals surface area contributed by atoms with Crippen LogP contribution < -0.4 is 10.9 Å². The van der Waals surface area contributed by atoms with Crippen molar-refractivity contribution in [2.24, 2.45) is 0 Å². The summed E-state index contributed by atoms with van der Waals surface area (Å²) in [7, 11) is 0. The molecule has 1 aromatic heterocycles. The number of aliphatic hydroxyl groups is 1. The molecule has 0 spiro atoms. The third-order valence-electron chi connectivity index (χ3n) is 3.34. The predicted molar refractivity (Wildman–Crippen MR) is 87.9 cm³/mol. The van der Waals surface area contributed by atoms with Crippen LogP contribution in [0.3, 0.4) is 0 Å². The van der Waals surface area contributed by atoms with Crippen molar-refractivity contribution >= 4 is 22.4 Å². The van der Waals surface area contributed by atoms with Gasteiger partial charge in [0.15, 0.2) is 0 Å². The van der Waals surface area contributed by atoms with Crippen LogP contribution in [0.1, 0.15) is 11.1 Å². The van der Waals surface area contributed by atoms with E-state index in [1.807, 2.05) is 43.3 Å². The van der Waals surface area contributed by atoms with Gasteiger partial charge in [-0.15, -0.1) is 0 Å². The number of aliphatic hydroxyl groups excluding tert-OH is 1. The molecule has 0 atom stereocenters. The Balaban J connectivity index is 1.92. The van der Waals surface area contributed by atoms with E-state index >= 15 is 0 Å². The highest BCUT2D eigenvalue weighted by atomic mass is 16.4. The molecule has 110 valence electrons. The van der Waals surface area contributed by atoms with Gasteiger partial charge in [0.05, 0.1) is 0 Å². The number of benzene rings is 2. The van der Waals surface area contributed by atoms with Crippen molar-refractivity contribution in [2.75, 3.05) is 5.32 Å². The lowest BCUT2D eigenvalue weighted by atomic mass is 10.1. The molecule has 0 aliphatic carbocycles. The first kappa shape index (κ1) is 13.9. The maximum Gasteiger partial charge on any atom is 0.347 e. The summed E-state index contributed by atoms with van der Waals surface area (Å²) < 4.78 is 5.20. The molecule has 0 unspecified atom stereocenters. The minimum Gasteiger partial charge on any atom is -0.506 e. The van der Waals surface area contributed by atoms with E-state index in [0.717, 1.165) is 16.6 Å². The second-order valence-electron chi connectivity index (χ2n) is 5.03. The van der Waals surface area contributed by atoms with Crippen molar-refractivity contribution in [1.82, 2.24) is 0 Å². The van der Waals surface area contributed by atoms with Crippen LogP contribution in [0.15, 0.2) is 70.0 Å². The Kier molecular flexibility index (Phi) is 3.66. The fourth-order valence-corrected chi connectivity index (χ4v) is 2.12. The number of nitrogens with one attached hydrogen (secondary N) is 1. The summed E-state index contributed by atoms with van der Waals surface area (Å²) in [5, 5.41) is 13.8. The lowest BCUT2D eigenvalue weighted by Gasteiger charge is -2.04. The van der Waals surface area contributed by atoms with Gasteiger partial charge in [-0.3, -0.25) is 0 Å². The Morgan fingerprint density at radius 2 is 1.86 bits per heavy atom. The normalized spacial score (nSPS) is 11.6. The molecular weight excluding hydrogens is 278 g/mol. The smallest absolute Gasteiger partial charge is 0.347 e. The molecule has 0 bridgehead atoms. The van der Waals surface area contributed by atoms with Crippen molar-refractivity contribution in [3.63, 3.8) is 0 Å². The molecule has 4 heteroatoms. The average molecular weight is 293 g/mol. The van der Waals surface area contributed by atoms with E-state index < -0.39 is 5.63 Å². The Morgan fingerprint density at radius 1 is 1.14 bits per heavy atom. The van der Waals surface area contributed by atoms with Crippen LogP contribution in [0.5, 0.6) is 0 Å². The lowest BCUT2D eigenvalue weighted by Crippen LogP contribution is -2.07. The highest BCUT2D eigenvalue weighted by Gasteiger charge is 2.08. The largest absolute Gasteiger partial charge is 0.506 e. The third kappa shape index (κ3) is 2.86. The Bertz CT molecular complexity index is 892. The Morgan fingerprint density at radius 3 is 2.64 bits per heavy atom. The predicted octanol–water partition coefficient (Wildman–Crippen LogP) is 4.07. The molecule has 22 heavy (non-hydrogen) atoms. The molecule has 0 saturated heterocycles. The molecule has 0 amide bonds. The second kappa shape index (κ2) is 5.77. The summed E-state index contributed by atoms with van der Waals surface area (Å²) >= 11 is 0. The van der Waals surface area contributed by atoms with Gasteiger partial charge in [-0.1, -0.05) is 35.9 Å². The standard InChI is InChI=1S/C18H15NO3/c1-12-6-8-14(9-7-12)19-11-16(20)15-10-13-4-2-3-5-17(13)22-18(15)21/h2-11,19-20H,1H3. The fraction of sp³-hybridized carbons (Fsp3) is 0.0556. The van der Waals surface area contributed by atoms with Crippen molar-refractivity contribution in [3.05, 3.63) is 82.3 Å². The summed E-state index contributed by atoms with van der Waals surface area (Å²) in [6, 6.07) is 16.5. The number of rotatable bonds is 3. The van der Waals surface area contributed by atoms with Gasteiger partial charge < -0.3 is 14.8 Å². The van der Waals surface area contributed by atoms with E-state index in [0.29, 0.717) is 5.58 Å². The zero-order valence-corrected chi connectivity index (χ0v) is 12.0. The van der Waals surface area contributed by atoms with Crippen molar-refractivity contribution in [2.45, 2.75) is 6.92 Å². The molecule has 0 radical (unpaired) electrons. The number of aryl methyl sites for hydroxylation is 1. The molecule has 0 saturated carbocycles. The molecule has 3 rings (SSSR count). The first-order valence-electron chi connectivity index (χ1n) is 6.89. The number of anilines is 1. The van der Waals surface area contributed by atoms with Gasteiger partial charge in [-0.2, -0.15) is 0 Å². The summed E-state index contributed by atoms with van der Waals surface area (Å²) in [5.74, 6) is -0.167. The van der Waals surface area contributed by atoms with Gasteiger partial charge >= 0.3 is 5.63 Å². The van der Waals surface area contributed by atoms with Crippen LogP contribution in [-0.2, 0) is 0 Å². The van der Waals surface area contributed by atoms with Gasteiger partial charge in [-0.05, 0) is 31.2 Å². The molecule has 3 aromatic rings. The van der Waals surface area contributed by atoms with Gasteiger partial charge in [-0.25, -0.2) is 4.79 Å². The average Bonchev–Trinajstić information content (AvgIpc) is 2.53. The van der Waals surface area contributed by atoms with Crippen molar-refractivity contribution in [3.8, 4) is 0 Å². The SMILES string of the molecule is Cc1ccc(NC=C(O)c2cc3ccccc3oc2=O)cc1. The minimum absolute atomic E-state index is 0.123. The van der Waals surface area contributed by atoms with Crippen LogP contribution in [0.25, 0.3) is 16.7 Å². The third-order valence-corrected chi connectivity index (χ3v) is 3.34. The first-order valence-corrected chi connectivity index (χ1v) is 6.89. The van der Waals surface area contributed by atoms with Crippen LogP contribution in [-0.4, -0.2) is 5.11 Å². The van der Waals surface area contributed by atoms with Gasteiger partial charge in [0.2, 0.25) is 0 Å². The Hall–Kier alpha value is -3.01. The molecule has 0 aliphatic rings. The van der Waals surface area contributed by atoms with Crippen LogP contribution in [0.2, 0.25) is 0 Å². The van der Waals surface area contributed by atoms with Gasteiger partial charge in [0.1, 0.15) is 16.9 Å². The quantitative estimate of drug-likeness (QED) is 0.564.